The molecule has 4 nitrogen and oxygen atoms in total. The summed E-state index contributed by atoms with van der Waals surface area (Å²) in [5.41, 5.74) is 10.7. The largest absolute Gasteiger partial charge is 0.372 e. The molecule has 0 aromatic heterocycles. The van der Waals surface area contributed by atoms with E-state index in [0.29, 0.717) is 26.3 Å². The van der Waals surface area contributed by atoms with Gasteiger partial charge in [-0.05, 0) is 0 Å². The summed E-state index contributed by atoms with van der Waals surface area (Å²) in [5, 5.41) is 0. The number of nitrogens with two attached hydrogens (primary N) is 2. The third-order valence-electron chi connectivity index (χ3n) is 1.56. The molecule has 0 spiro atoms. The van der Waals surface area contributed by atoms with Crippen LogP contribution in [0.15, 0.2) is 0 Å². The zero-order valence-corrected chi connectivity index (χ0v) is 5.95. The molecule has 10 heavy (non-hydrogen) atoms. The molecule has 0 aliphatic carbocycles. The predicted molar refractivity (Wildman–Crippen MR) is 37.6 cm³/mol. The normalized spacial score (nSPS) is 34.2. The first-order chi connectivity index (χ1) is 4.86. The third kappa shape index (κ3) is 1.91. The summed E-state index contributed by atoms with van der Waals surface area (Å²) in [5.74, 6) is 0. The molecule has 0 saturated carbocycles. The van der Waals surface area contributed by atoms with Crippen molar-refractivity contribution in [2.45, 2.75) is 12.2 Å². The van der Waals surface area contributed by atoms with Crippen LogP contribution in [0.2, 0.25) is 0 Å². The molecule has 0 unspecified atom stereocenters. The standard InChI is InChI=1S/C6H14N2O2/c7-1-5-3-10-6(2-8)4-9-5/h5-6H,1-4,7-8H2/t5-,6+. The number of rotatable bonds is 2. The van der Waals surface area contributed by atoms with Gasteiger partial charge in [-0.2, -0.15) is 0 Å². The van der Waals surface area contributed by atoms with Crippen molar-refractivity contribution in [3.63, 3.8) is 0 Å². The monoisotopic (exact) mass is 146 g/mol. The first-order valence-corrected chi connectivity index (χ1v) is 3.50. The van der Waals surface area contributed by atoms with Gasteiger partial charge in [0.25, 0.3) is 0 Å². The number of ether oxygens (including phenoxy) is 2. The van der Waals surface area contributed by atoms with Crippen molar-refractivity contribution < 1.29 is 9.47 Å². The highest BCUT2D eigenvalue weighted by Crippen LogP contribution is 2.04. The van der Waals surface area contributed by atoms with Gasteiger partial charge in [-0.1, -0.05) is 0 Å². The molecule has 1 fully saturated rings. The van der Waals surface area contributed by atoms with Crippen LogP contribution >= 0.6 is 0 Å². The van der Waals surface area contributed by atoms with Crippen LogP contribution in [-0.4, -0.2) is 38.5 Å². The quantitative estimate of drug-likeness (QED) is 0.507. The minimum absolute atomic E-state index is 0.0720. The van der Waals surface area contributed by atoms with Gasteiger partial charge in [-0.25, -0.2) is 0 Å². The Balaban J connectivity index is 2.17. The van der Waals surface area contributed by atoms with Crippen LogP contribution < -0.4 is 11.5 Å². The molecule has 0 aromatic carbocycles. The Labute approximate surface area is 60.5 Å². The Morgan fingerprint density at radius 3 is 1.60 bits per heavy atom. The van der Waals surface area contributed by atoms with Crippen LogP contribution in [-0.2, 0) is 9.47 Å². The van der Waals surface area contributed by atoms with Gasteiger partial charge in [0.15, 0.2) is 0 Å². The van der Waals surface area contributed by atoms with Gasteiger partial charge in [-0.3, -0.25) is 0 Å². The average Bonchev–Trinajstić information content (AvgIpc) is 2.05. The first-order valence-electron chi connectivity index (χ1n) is 3.50. The lowest BCUT2D eigenvalue weighted by atomic mass is 10.3. The Morgan fingerprint density at radius 2 is 1.40 bits per heavy atom. The zero-order valence-electron chi connectivity index (χ0n) is 5.95. The maximum Gasteiger partial charge on any atom is 0.0931 e. The van der Waals surface area contributed by atoms with E-state index in [4.69, 9.17) is 20.9 Å². The molecule has 0 aromatic rings. The van der Waals surface area contributed by atoms with Crippen LogP contribution in [0, 0.1) is 0 Å². The minimum atomic E-state index is 0.0720. The van der Waals surface area contributed by atoms with E-state index >= 15 is 0 Å². The highest BCUT2D eigenvalue weighted by Gasteiger charge is 2.19. The molecule has 0 radical (unpaired) electrons. The van der Waals surface area contributed by atoms with E-state index in [1.807, 2.05) is 0 Å². The van der Waals surface area contributed by atoms with Crippen molar-refractivity contribution in [1.29, 1.82) is 0 Å². The number of hydrogen-bond acceptors (Lipinski definition) is 4. The van der Waals surface area contributed by atoms with E-state index in [-0.39, 0.29) is 12.2 Å². The molecule has 1 rings (SSSR count). The molecule has 0 bridgehead atoms. The topological polar surface area (TPSA) is 70.5 Å². The molecule has 4 N–H and O–H groups in total. The second kappa shape index (κ2) is 3.88. The van der Waals surface area contributed by atoms with E-state index in [0.717, 1.165) is 0 Å². The summed E-state index contributed by atoms with van der Waals surface area (Å²) < 4.78 is 10.6. The van der Waals surface area contributed by atoms with Crippen molar-refractivity contribution in [2.24, 2.45) is 11.5 Å². The van der Waals surface area contributed by atoms with Crippen molar-refractivity contribution >= 4 is 0 Å². The molecule has 1 heterocycles. The van der Waals surface area contributed by atoms with E-state index in [9.17, 15) is 0 Å². The molecule has 1 saturated heterocycles. The third-order valence-corrected chi connectivity index (χ3v) is 1.56. The highest BCUT2D eigenvalue weighted by atomic mass is 16.6. The summed E-state index contributed by atoms with van der Waals surface area (Å²) in [7, 11) is 0. The molecular formula is C6H14N2O2. The van der Waals surface area contributed by atoms with Gasteiger partial charge in [0.2, 0.25) is 0 Å². The maximum atomic E-state index is 5.35. The Bertz CT molecular complexity index is 79.7. The maximum absolute atomic E-state index is 5.35. The summed E-state index contributed by atoms with van der Waals surface area (Å²) in [6.07, 6.45) is 0.144. The molecule has 2 atom stereocenters. The van der Waals surface area contributed by atoms with Crippen molar-refractivity contribution in [3.8, 4) is 0 Å². The molecule has 4 heteroatoms. The van der Waals surface area contributed by atoms with E-state index < -0.39 is 0 Å². The van der Waals surface area contributed by atoms with Gasteiger partial charge in [-0.15, -0.1) is 0 Å². The van der Waals surface area contributed by atoms with Crippen LogP contribution in [0.4, 0.5) is 0 Å². The first kappa shape index (κ1) is 7.94. The molecule has 1 aliphatic heterocycles. The van der Waals surface area contributed by atoms with E-state index in [1.54, 1.807) is 0 Å². The fourth-order valence-corrected chi connectivity index (χ4v) is 0.855. The Hall–Kier alpha value is -0.160. The summed E-state index contributed by atoms with van der Waals surface area (Å²) >= 11 is 0. The van der Waals surface area contributed by atoms with E-state index in [1.165, 1.54) is 0 Å². The van der Waals surface area contributed by atoms with Gasteiger partial charge < -0.3 is 20.9 Å². The lowest BCUT2D eigenvalue weighted by Crippen LogP contribution is -2.42. The van der Waals surface area contributed by atoms with Gasteiger partial charge in [0.1, 0.15) is 0 Å². The fourth-order valence-electron chi connectivity index (χ4n) is 0.855. The second-order valence-corrected chi connectivity index (χ2v) is 2.38. The van der Waals surface area contributed by atoms with Crippen LogP contribution in [0.1, 0.15) is 0 Å². The highest BCUT2D eigenvalue weighted by molar-refractivity contribution is 4.68. The smallest absolute Gasteiger partial charge is 0.0931 e. The molecule has 60 valence electrons. The van der Waals surface area contributed by atoms with Gasteiger partial charge >= 0.3 is 0 Å². The average molecular weight is 146 g/mol. The lowest BCUT2D eigenvalue weighted by Gasteiger charge is -2.27. The van der Waals surface area contributed by atoms with Crippen LogP contribution in [0.25, 0.3) is 0 Å². The van der Waals surface area contributed by atoms with Crippen molar-refractivity contribution in [3.05, 3.63) is 0 Å². The Morgan fingerprint density at radius 1 is 1.00 bits per heavy atom. The zero-order chi connectivity index (χ0) is 7.40. The molecule has 0 amide bonds. The predicted octanol–water partition coefficient (Wildman–Crippen LogP) is -1.31. The molecular weight excluding hydrogens is 132 g/mol. The second-order valence-electron chi connectivity index (χ2n) is 2.38. The van der Waals surface area contributed by atoms with Gasteiger partial charge in [0.05, 0.1) is 25.4 Å². The van der Waals surface area contributed by atoms with E-state index in [2.05, 4.69) is 0 Å². The minimum Gasteiger partial charge on any atom is -0.372 e. The molecule has 1 aliphatic rings. The summed E-state index contributed by atoms with van der Waals surface area (Å²) in [6, 6.07) is 0. The lowest BCUT2D eigenvalue weighted by molar-refractivity contribution is -0.125. The summed E-state index contributed by atoms with van der Waals surface area (Å²) in [6.45, 7) is 2.21. The number of hydrogen-bond donors (Lipinski definition) is 2. The fraction of sp³-hybridized carbons (Fsp3) is 1.00. The van der Waals surface area contributed by atoms with Crippen LogP contribution in [0.5, 0.6) is 0 Å². The Kier molecular flexibility index (Phi) is 3.08. The van der Waals surface area contributed by atoms with Gasteiger partial charge in [0, 0.05) is 13.1 Å². The SMILES string of the molecule is NC[C@@H]1CO[C@@H](CN)CO1. The van der Waals surface area contributed by atoms with Crippen LogP contribution in [0.3, 0.4) is 0 Å². The van der Waals surface area contributed by atoms with Crippen molar-refractivity contribution in [1.82, 2.24) is 0 Å². The summed E-state index contributed by atoms with van der Waals surface area (Å²) in [4.78, 5) is 0. The van der Waals surface area contributed by atoms with Crippen molar-refractivity contribution in [2.75, 3.05) is 26.3 Å².